The summed E-state index contributed by atoms with van der Waals surface area (Å²) in [7, 11) is 1.53. The third kappa shape index (κ3) is 3.13. The van der Waals surface area contributed by atoms with Crippen LogP contribution in [0.3, 0.4) is 0 Å². The Bertz CT molecular complexity index is 1540. The zero-order valence-electron chi connectivity index (χ0n) is 16.5. The second-order valence-corrected chi connectivity index (χ2v) is 7.82. The molecule has 9 heteroatoms. The molecule has 0 fully saturated rings. The molecule has 2 aromatic carbocycles. The predicted molar refractivity (Wildman–Crippen MR) is 121 cm³/mol. The Hall–Kier alpha value is -3.42. The van der Waals surface area contributed by atoms with Crippen molar-refractivity contribution in [2.45, 2.75) is 6.92 Å². The lowest BCUT2D eigenvalue weighted by Gasteiger charge is -2.12. The lowest BCUT2D eigenvalue weighted by molar-refractivity contribution is 0.412. The second kappa shape index (κ2) is 7.37. The molecule has 0 saturated heterocycles. The van der Waals surface area contributed by atoms with E-state index >= 15 is 0 Å². The van der Waals surface area contributed by atoms with Gasteiger partial charge in [-0.3, -0.25) is 9.36 Å². The number of fused-ring (bicyclic) bond motifs is 3. The SMILES string of the molecule is COc1ccc(Cl)cc1-n1ccc2c(nnc3c(-c4cccc(Cl)c4)c(C)nn32)c1=O. The van der Waals surface area contributed by atoms with Gasteiger partial charge in [-0.1, -0.05) is 35.3 Å². The van der Waals surface area contributed by atoms with E-state index in [1.165, 1.54) is 11.7 Å². The molecule has 7 nitrogen and oxygen atoms in total. The van der Waals surface area contributed by atoms with Crippen molar-refractivity contribution in [3.63, 3.8) is 0 Å². The van der Waals surface area contributed by atoms with Crippen molar-refractivity contribution in [3.8, 4) is 22.6 Å². The molecule has 3 heterocycles. The van der Waals surface area contributed by atoms with E-state index in [1.807, 2.05) is 25.1 Å². The highest BCUT2D eigenvalue weighted by atomic mass is 35.5. The summed E-state index contributed by atoms with van der Waals surface area (Å²) in [6, 6.07) is 14.3. The molecule has 0 unspecified atom stereocenters. The minimum atomic E-state index is -0.357. The number of pyridine rings is 1. The van der Waals surface area contributed by atoms with Crippen LogP contribution in [-0.2, 0) is 0 Å². The molecule has 0 spiro atoms. The summed E-state index contributed by atoms with van der Waals surface area (Å²) >= 11 is 12.3. The molecule has 0 atom stereocenters. The first-order chi connectivity index (χ1) is 15.0. The van der Waals surface area contributed by atoms with Crippen molar-refractivity contribution in [2.75, 3.05) is 7.11 Å². The number of benzene rings is 2. The van der Waals surface area contributed by atoms with E-state index in [2.05, 4.69) is 15.3 Å². The van der Waals surface area contributed by atoms with Gasteiger partial charge in [0, 0.05) is 16.2 Å². The lowest BCUT2D eigenvalue weighted by atomic mass is 10.1. The van der Waals surface area contributed by atoms with Crippen molar-refractivity contribution in [2.24, 2.45) is 0 Å². The molecule has 0 N–H and O–H groups in total. The number of rotatable bonds is 3. The molecule has 0 saturated carbocycles. The zero-order valence-corrected chi connectivity index (χ0v) is 18.0. The highest BCUT2D eigenvalue weighted by Gasteiger charge is 2.18. The van der Waals surface area contributed by atoms with Crippen molar-refractivity contribution in [3.05, 3.63) is 80.8 Å². The van der Waals surface area contributed by atoms with Gasteiger partial charge in [0.25, 0.3) is 5.56 Å². The lowest BCUT2D eigenvalue weighted by Crippen LogP contribution is -2.20. The fourth-order valence-corrected chi connectivity index (χ4v) is 4.03. The molecule has 0 aliphatic carbocycles. The highest BCUT2D eigenvalue weighted by molar-refractivity contribution is 6.31. The number of aryl methyl sites for hydroxylation is 1. The smallest absolute Gasteiger partial charge is 0.285 e. The van der Waals surface area contributed by atoms with E-state index in [4.69, 9.17) is 27.9 Å². The van der Waals surface area contributed by atoms with Crippen LogP contribution in [0.1, 0.15) is 5.69 Å². The van der Waals surface area contributed by atoms with Crippen molar-refractivity contribution in [1.82, 2.24) is 24.4 Å². The van der Waals surface area contributed by atoms with Crippen LogP contribution in [0.25, 0.3) is 33.5 Å². The van der Waals surface area contributed by atoms with Gasteiger partial charge < -0.3 is 4.74 Å². The molecule has 0 aliphatic rings. The van der Waals surface area contributed by atoms with E-state index in [-0.39, 0.29) is 11.1 Å². The average molecular weight is 452 g/mol. The average Bonchev–Trinajstić information content (AvgIpc) is 3.10. The van der Waals surface area contributed by atoms with Crippen molar-refractivity contribution < 1.29 is 4.74 Å². The fraction of sp³-hybridized carbons (Fsp3) is 0.0909. The van der Waals surface area contributed by atoms with Crippen LogP contribution in [0.2, 0.25) is 10.0 Å². The number of nitrogens with zero attached hydrogens (tertiary/aromatic N) is 5. The van der Waals surface area contributed by atoms with Gasteiger partial charge in [0.15, 0.2) is 11.2 Å². The van der Waals surface area contributed by atoms with E-state index in [0.29, 0.717) is 32.6 Å². The first-order valence-electron chi connectivity index (χ1n) is 9.35. The van der Waals surface area contributed by atoms with E-state index in [0.717, 1.165) is 16.8 Å². The minimum absolute atomic E-state index is 0.178. The van der Waals surface area contributed by atoms with Crippen LogP contribution in [0, 0.1) is 6.92 Å². The van der Waals surface area contributed by atoms with Gasteiger partial charge in [0.05, 0.1) is 24.1 Å². The van der Waals surface area contributed by atoms with Gasteiger partial charge in [-0.05, 0) is 48.9 Å². The maximum Gasteiger partial charge on any atom is 0.285 e. The van der Waals surface area contributed by atoms with Gasteiger partial charge in [0.1, 0.15) is 11.3 Å². The maximum absolute atomic E-state index is 13.3. The molecular formula is C22H15Cl2N5O2. The molecular weight excluding hydrogens is 437 g/mol. The summed E-state index contributed by atoms with van der Waals surface area (Å²) in [6.07, 6.45) is 1.65. The van der Waals surface area contributed by atoms with Gasteiger partial charge in [0.2, 0.25) is 0 Å². The number of hydrogen-bond acceptors (Lipinski definition) is 5. The quantitative estimate of drug-likeness (QED) is 0.396. The number of ether oxygens (including phenoxy) is 1. The standard InChI is InChI=1S/C22H15Cl2N5O2/c1-12-19(13-4-3-5-14(23)10-13)21-26-25-20-16(29(21)27-12)8-9-28(22(20)30)17-11-15(24)6-7-18(17)31-2/h3-11H,1-2H3. The summed E-state index contributed by atoms with van der Waals surface area (Å²) in [5, 5.41) is 14.3. The highest BCUT2D eigenvalue weighted by Crippen LogP contribution is 2.30. The van der Waals surface area contributed by atoms with Crippen LogP contribution in [0.5, 0.6) is 5.75 Å². The first-order valence-corrected chi connectivity index (χ1v) is 10.1. The summed E-state index contributed by atoms with van der Waals surface area (Å²) in [4.78, 5) is 13.3. The first kappa shape index (κ1) is 19.5. The van der Waals surface area contributed by atoms with E-state index < -0.39 is 0 Å². The summed E-state index contributed by atoms with van der Waals surface area (Å²) in [5.41, 5.74) is 3.88. The molecule has 0 amide bonds. The molecule has 5 aromatic rings. The number of hydrogen-bond donors (Lipinski definition) is 0. The van der Waals surface area contributed by atoms with Crippen LogP contribution >= 0.6 is 23.2 Å². The van der Waals surface area contributed by atoms with Crippen LogP contribution in [-0.4, -0.2) is 31.5 Å². The molecule has 154 valence electrons. The van der Waals surface area contributed by atoms with Gasteiger partial charge in [-0.25, -0.2) is 4.52 Å². The van der Waals surface area contributed by atoms with Gasteiger partial charge >= 0.3 is 0 Å². The largest absolute Gasteiger partial charge is 0.495 e. The van der Waals surface area contributed by atoms with Crippen LogP contribution < -0.4 is 10.3 Å². The number of halogens is 2. The summed E-state index contributed by atoms with van der Waals surface area (Å²) < 4.78 is 8.45. The van der Waals surface area contributed by atoms with Gasteiger partial charge in [-0.15, -0.1) is 10.2 Å². The Kier molecular flexibility index (Phi) is 4.64. The predicted octanol–water partition coefficient (Wildman–Crippen LogP) is 4.72. The minimum Gasteiger partial charge on any atom is -0.495 e. The Morgan fingerprint density at radius 1 is 1.00 bits per heavy atom. The third-order valence-electron chi connectivity index (χ3n) is 5.07. The zero-order chi connectivity index (χ0) is 21.7. The van der Waals surface area contributed by atoms with Crippen LogP contribution in [0.4, 0.5) is 0 Å². The Morgan fingerprint density at radius 2 is 1.81 bits per heavy atom. The van der Waals surface area contributed by atoms with E-state index in [9.17, 15) is 4.79 Å². The van der Waals surface area contributed by atoms with Gasteiger partial charge in [-0.2, -0.15) is 5.10 Å². The summed E-state index contributed by atoms with van der Waals surface area (Å²) in [5.74, 6) is 0.512. The molecule has 3 aromatic heterocycles. The van der Waals surface area contributed by atoms with Crippen molar-refractivity contribution in [1.29, 1.82) is 0 Å². The number of aromatic nitrogens is 5. The molecule has 0 bridgehead atoms. The molecule has 5 rings (SSSR count). The number of methoxy groups -OCH3 is 1. The van der Waals surface area contributed by atoms with Crippen molar-refractivity contribution >= 4 is 39.9 Å². The normalized spacial score (nSPS) is 11.4. The molecule has 0 radical (unpaired) electrons. The molecule has 0 aliphatic heterocycles. The Labute approximate surface area is 186 Å². The topological polar surface area (TPSA) is 74.3 Å². The third-order valence-corrected chi connectivity index (χ3v) is 5.54. The van der Waals surface area contributed by atoms with Crippen LogP contribution in [0.15, 0.2) is 59.5 Å². The fourth-order valence-electron chi connectivity index (χ4n) is 3.68. The Balaban J connectivity index is 1.77. The molecule has 31 heavy (non-hydrogen) atoms. The monoisotopic (exact) mass is 451 g/mol. The summed E-state index contributed by atoms with van der Waals surface area (Å²) in [6.45, 7) is 1.88. The Morgan fingerprint density at radius 3 is 2.58 bits per heavy atom. The van der Waals surface area contributed by atoms with E-state index in [1.54, 1.807) is 41.0 Å². The second-order valence-electron chi connectivity index (χ2n) is 6.95. The maximum atomic E-state index is 13.3.